The summed E-state index contributed by atoms with van der Waals surface area (Å²) in [7, 11) is 1.48. The van der Waals surface area contributed by atoms with E-state index in [1.54, 1.807) is 66.7 Å². The molecule has 0 radical (unpaired) electrons. The van der Waals surface area contributed by atoms with Crippen LogP contribution in [-0.2, 0) is 4.79 Å². The topological polar surface area (TPSA) is 84.5 Å². The number of benzene rings is 3. The van der Waals surface area contributed by atoms with Crippen LogP contribution in [-0.4, -0.2) is 24.7 Å². The van der Waals surface area contributed by atoms with Gasteiger partial charge in [0.1, 0.15) is 5.75 Å². The highest BCUT2D eigenvalue weighted by molar-refractivity contribution is 6.18. The lowest BCUT2D eigenvalue weighted by Crippen LogP contribution is -2.17. The van der Waals surface area contributed by atoms with Gasteiger partial charge in [0.05, 0.1) is 18.4 Å². The SMILES string of the molecule is COc1ccc(NC(C)=O)cc1NC(=O)c1ccccc1C(=O)c1ccccc1. The van der Waals surface area contributed by atoms with Gasteiger partial charge in [-0.3, -0.25) is 14.4 Å². The first-order chi connectivity index (χ1) is 14.0. The van der Waals surface area contributed by atoms with Crippen LogP contribution in [0.25, 0.3) is 0 Å². The average molecular weight is 388 g/mol. The van der Waals surface area contributed by atoms with Gasteiger partial charge in [-0.05, 0) is 24.3 Å². The zero-order valence-corrected chi connectivity index (χ0v) is 16.1. The molecular weight excluding hydrogens is 368 g/mol. The predicted octanol–water partition coefficient (Wildman–Crippen LogP) is 4.14. The number of carbonyl (C=O) groups is 3. The Labute approximate surface area is 168 Å². The Hall–Kier alpha value is -3.93. The van der Waals surface area contributed by atoms with Crippen LogP contribution in [0.1, 0.15) is 33.2 Å². The zero-order chi connectivity index (χ0) is 20.8. The minimum atomic E-state index is -0.455. The zero-order valence-electron chi connectivity index (χ0n) is 16.1. The van der Waals surface area contributed by atoms with E-state index in [0.717, 1.165) is 0 Å². The van der Waals surface area contributed by atoms with Crippen molar-refractivity contribution in [3.63, 3.8) is 0 Å². The molecule has 0 fully saturated rings. The molecule has 6 heteroatoms. The average Bonchev–Trinajstić information content (AvgIpc) is 2.73. The van der Waals surface area contributed by atoms with Gasteiger partial charge in [0.25, 0.3) is 5.91 Å². The van der Waals surface area contributed by atoms with Crippen LogP contribution in [0.3, 0.4) is 0 Å². The fourth-order valence-electron chi connectivity index (χ4n) is 2.90. The minimum absolute atomic E-state index is 0.230. The van der Waals surface area contributed by atoms with Crippen molar-refractivity contribution < 1.29 is 19.1 Å². The molecule has 0 saturated carbocycles. The Morgan fingerprint density at radius 2 is 1.45 bits per heavy atom. The van der Waals surface area contributed by atoms with Gasteiger partial charge in [0.2, 0.25) is 5.91 Å². The van der Waals surface area contributed by atoms with E-state index in [1.165, 1.54) is 14.0 Å². The highest BCUT2D eigenvalue weighted by Crippen LogP contribution is 2.29. The summed E-state index contributed by atoms with van der Waals surface area (Å²) in [6.45, 7) is 1.40. The highest BCUT2D eigenvalue weighted by atomic mass is 16.5. The molecule has 3 rings (SSSR count). The van der Waals surface area contributed by atoms with Gasteiger partial charge in [0.15, 0.2) is 5.78 Å². The molecule has 0 aliphatic carbocycles. The second kappa shape index (κ2) is 8.84. The molecule has 0 bridgehead atoms. The Bertz CT molecular complexity index is 1060. The molecule has 0 atom stereocenters. The maximum Gasteiger partial charge on any atom is 0.256 e. The third kappa shape index (κ3) is 4.68. The van der Waals surface area contributed by atoms with Crippen molar-refractivity contribution >= 4 is 29.0 Å². The molecule has 6 nitrogen and oxygen atoms in total. The van der Waals surface area contributed by atoms with Gasteiger partial charge in [-0.1, -0.05) is 48.5 Å². The van der Waals surface area contributed by atoms with Crippen molar-refractivity contribution in [1.82, 2.24) is 0 Å². The molecule has 2 amide bonds. The number of ketones is 1. The summed E-state index contributed by atoms with van der Waals surface area (Å²) in [6, 6.07) is 20.3. The first-order valence-electron chi connectivity index (χ1n) is 8.95. The lowest BCUT2D eigenvalue weighted by atomic mass is 9.98. The van der Waals surface area contributed by atoms with Crippen LogP contribution in [0, 0.1) is 0 Å². The summed E-state index contributed by atoms with van der Waals surface area (Å²) in [4.78, 5) is 37.1. The van der Waals surface area contributed by atoms with Crippen molar-refractivity contribution in [2.24, 2.45) is 0 Å². The van der Waals surface area contributed by atoms with E-state index in [4.69, 9.17) is 4.74 Å². The predicted molar refractivity (Wildman–Crippen MR) is 112 cm³/mol. The summed E-state index contributed by atoms with van der Waals surface area (Å²) >= 11 is 0. The van der Waals surface area contributed by atoms with E-state index >= 15 is 0 Å². The standard InChI is InChI=1S/C23H20N2O4/c1-15(26)24-17-12-13-21(29-2)20(14-17)25-23(28)19-11-7-6-10-18(19)22(27)16-8-4-3-5-9-16/h3-14H,1-2H3,(H,24,26)(H,25,28). The van der Waals surface area contributed by atoms with E-state index in [1.807, 2.05) is 6.07 Å². The number of methoxy groups -OCH3 is 1. The summed E-state index contributed by atoms with van der Waals surface area (Å²) in [6.07, 6.45) is 0. The van der Waals surface area contributed by atoms with Crippen LogP contribution in [0.2, 0.25) is 0 Å². The maximum absolute atomic E-state index is 13.0. The smallest absolute Gasteiger partial charge is 0.256 e. The summed E-state index contributed by atoms with van der Waals surface area (Å²) < 4.78 is 5.29. The summed E-state index contributed by atoms with van der Waals surface area (Å²) in [5, 5.41) is 5.43. The number of carbonyl (C=O) groups excluding carboxylic acids is 3. The normalized spacial score (nSPS) is 10.1. The van der Waals surface area contributed by atoms with Gasteiger partial charge in [-0.15, -0.1) is 0 Å². The lowest BCUT2D eigenvalue weighted by molar-refractivity contribution is -0.114. The highest BCUT2D eigenvalue weighted by Gasteiger charge is 2.19. The molecule has 0 aliphatic heterocycles. The molecule has 2 N–H and O–H groups in total. The second-order valence-electron chi connectivity index (χ2n) is 6.29. The number of hydrogen-bond acceptors (Lipinski definition) is 4. The van der Waals surface area contributed by atoms with E-state index < -0.39 is 5.91 Å². The Balaban J connectivity index is 1.93. The Morgan fingerprint density at radius 1 is 0.793 bits per heavy atom. The van der Waals surface area contributed by atoms with E-state index in [-0.39, 0.29) is 17.3 Å². The first-order valence-corrected chi connectivity index (χ1v) is 8.95. The molecule has 0 spiro atoms. The molecule has 0 heterocycles. The van der Waals surface area contributed by atoms with Crippen molar-refractivity contribution in [3.05, 3.63) is 89.5 Å². The van der Waals surface area contributed by atoms with Gasteiger partial charge in [0, 0.05) is 23.7 Å². The van der Waals surface area contributed by atoms with Crippen molar-refractivity contribution in [2.45, 2.75) is 6.92 Å². The lowest BCUT2D eigenvalue weighted by Gasteiger charge is -2.14. The molecule has 0 saturated heterocycles. The summed E-state index contributed by atoms with van der Waals surface area (Å²) in [5.74, 6) is -0.496. The molecule has 0 aliphatic rings. The minimum Gasteiger partial charge on any atom is -0.495 e. The number of nitrogens with one attached hydrogen (secondary N) is 2. The molecule has 0 aromatic heterocycles. The molecular formula is C23H20N2O4. The van der Waals surface area contributed by atoms with E-state index in [9.17, 15) is 14.4 Å². The Kier molecular flexibility index (Phi) is 6.04. The van der Waals surface area contributed by atoms with Crippen molar-refractivity contribution in [2.75, 3.05) is 17.7 Å². The fourth-order valence-corrected chi connectivity index (χ4v) is 2.90. The van der Waals surface area contributed by atoms with Crippen LogP contribution in [0.4, 0.5) is 11.4 Å². The largest absolute Gasteiger partial charge is 0.495 e. The van der Waals surface area contributed by atoms with Crippen molar-refractivity contribution in [1.29, 1.82) is 0 Å². The Morgan fingerprint density at radius 3 is 2.10 bits per heavy atom. The quantitative estimate of drug-likeness (QED) is 0.622. The maximum atomic E-state index is 13.0. The van der Waals surface area contributed by atoms with Crippen LogP contribution >= 0.6 is 0 Å². The van der Waals surface area contributed by atoms with Crippen molar-refractivity contribution in [3.8, 4) is 5.75 Å². The molecule has 0 unspecified atom stereocenters. The summed E-state index contributed by atoms with van der Waals surface area (Å²) in [5.41, 5.74) is 1.94. The van der Waals surface area contributed by atoms with Gasteiger partial charge in [-0.2, -0.15) is 0 Å². The van der Waals surface area contributed by atoms with Crippen LogP contribution in [0.5, 0.6) is 5.75 Å². The first kappa shape index (κ1) is 19.8. The number of anilines is 2. The number of ether oxygens (including phenoxy) is 1. The molecule has 146 valence electrons. The third-order valence-corrected chi connectivity index (χ3v) is 4.22. The van der Waals surface area contributed by atoms with Crippen LogP contribution in [0.15, 0.2) is 72.8 Å². The molecule has 3 aromatic carbocycles. The number of rotatable bonds is 6. The van der Waals surface area contributed by atoms with E-state index in [2.05, 4.69) is 10.6 Å². The van der Waals surface area contributed by atoms with Crippen LogP contribution < -0.4 is 15.4 Å². The van der Waals surface area contributed by atoms with Gasteiger partial charge in [-0.25, -0.2) is 0 Å². The number of amides is 2. The fraction of sp³-hybridized carbons (Fsp3) is 0.0870. The molecule has 29 heavy (non-hydrogen) atoms. The number of hydrogen-bond donors (Lipinski definition) is 2. The molecule has 3 aromatic rings. The van der Waals surface area contributed by atoms with Gasteiger partial charge >= 0.3 is 0 Å². The van der Waals surface area contributed by atoms with Gasteiger partial charge < -0.3 is 15.4 Å². The monoisotopic (exact) mass is 388 g/mol. The third-order valence-electron chi connectivity index (χ3n) is 4.22. The second-order valence-corrected chi connectivity index (χ2v) is 6.29. The van der Waals surface area contributed by atoms with E-state index in [0.29, 0.717) is 28.3 Å².